The van der Waals surface area contributed by atoms with Gasteiger partial charge in [-0.15, -0.1) is 0 Å². The van der Waals surface area contributed by atoms with Crippen molar-refractivity contribution in [2.75, 3.05) is 20.1 Å². The summed E-state index contributed by atoms with van der Waals surface area (Å²) in [6, 6.07) is 0. The van der Waals surface area contributed by atoms with Crippen molar-refractivity contribution < 1.29 is 9.53 Å². The number of hydrogen-bond acceptors (Lipinski definition) is 3. The number of rotatable bonds is 5. The topological polar surface area (TPSA) is 50.4 Å². The lowest BCUT2D eigenvalue weighted by Gasteiger charge is -2.33. The molecule has 2 aliphatic rings. The molecule has 1 aliphatic heterocycles. The molecule has 1 saturated heterocycles. The van der Waals surface area contributed by atoms with Crippen LogP contribution in [-0.2, 0) is 9.53 Å². The predicted octanol–water partition coefficient (Wildman–Crippen LogP) is 2.23. The maximum Gasteiger partial charge on any atom is 0.226 e. The van der Waals surface area contributed by atoms with Crippen molar-refractivity contribution in [2.45, 2.75) is 70.5 Å². The SMILES string of the molecule is CNC(=O)C(C)(C)CNCC1CCC2(CCCCC2)O1. The van der Waals surface area contributed by atoms with Crippen LogP contribution in [0.15, 0.2) is 0 Å². The number of carbonyl (C=O) groups excluding carboxylic acids is 1. The molecular weight excluding hydrogens is 252 g/mol. The average Bonchev–Trinajstić information content (AvgIpc) is 2.81. The van der Waals surface area contributed by atoms with Gasteiger partial charge in [0.25, 0.3) is 0 Å². The molecule has 2 rings (SSSR count). The van der Waals surface area contributed by atoms with Crippen LogP contribution < -0.4 is 10.6 Å². The first-order chi connectivity index (χ1) is 9.47. The Bertz CT molecular complexity index is 335. The Hall–Kier alpha value is -0.610. The van der Waals surface area contributed by atoms with Crippen LogP contribution in [0.4, 0.5) is 0 Å². The van der Waals surface area contributed by atoms with Gasteiger partial charge in [-0.1, -0.05) is 19.3 Å². The third-order valence-corrected chi connectivity index (χ3v) is 4.88. The molecule has 1 amide bonds. The molecule has 0 aromatic carbocycles. The van der Waals surface area contributed by atoms with Crippen molar-refractivity contribution in [3.63, 3.8) is 0 Å². The minimum absolute atomic E-state index is 0.0843. The molecule has 1 spiro atoms. The van der Waals surface area contributed by atoms with Crippen molar-refractivity contribution in [1.82, 2.24) is 10.6 Å². The van der Waals surface area contributed by atoms with Crippen LogP contribution in [-0.4, -0.2) is 37.7 Å². The zero-order valence-electron chi connectivity index (χ0n) is 13.3. The van der Waals surface area contributed by atoms with Crippen molar-refractivity contribution in [1.29, 1.82) is 0 Å². The quantitative estimate of drug-likeness (QED) is 0.813. The van der Waals surface area contributed by atoms with E-state index in [9.17, 15) is 4.79 Å². The van der Waals surface area contributed by atoms with Gasteiger partial charge in [-0.05, 0) is 39.5 Å². The lowest BCUT2D eigenvalue weighted by Crippen LogP contribution is -2.44. The molecule has 0 radical (unpaired) electrons. The molecule has 4 nitrogen and oxygen atoms in total. The second-order valence-corrected chi connectivity index (χ2v) is 7.12. The molecule has 1 unspecified atom stereocenters. The van der Waals surface area contributed by atoms with Crippen LogP contribution >= 0.6 is 0 Å². The third-order valence-electron chi connectivity index (χ3n) is 4.88. The Morgan fingerprint density at radius 3 is 2.60 bits per heavy atom. The van der Waals surface area contributed by atoms with Crippen molar-refractivity contribution in [3.05, 3.63) is 0 Å². The summed E-state index contributed by atoms with van der Waals surface area (Å²) >= 11 is 0. The van der Waals surface area contributed by atoms with E-state index in [0.717, 1.165) is 13.0 Å². The molecule has 20 heavy (non-hydrogen) atoms. The van der Waals surface area contributed by atoms with Gasteiger partial charge in [0.05, 0.1) is 17.1 Å². The van der Waals surface area contributed by atoms with Gasteiger partial charge in [0.2, 0.25) is 5.91 Å². The van der Waals surface area contributed by atoms with Gasteiger partial charge in [-0.2, -0.15) is 0 Å². The molecule has 2 N–H and O–H groups in total. The monoisotopic (exact) mass is 282 g/mol. The first-order valence-corrected chi connectivity index (χ1v) is 8.08. The zero-order valence-corrected chi connectivity index (χ0v) is 13.3. The van der Waals surface area contributed by atoms with Gasteiger partial charge in [0.1, 0.15) is 0 Å². The minimum Gasteiger partial charge on any atom is -0.370 e. The Kier molecular flexibility index (Phi) is 5.08. The van der Waals surface area contributed by atoms with Crippen molar-refractivity contribution in [2.24, 2.45) is 5.41 Å². The van der Waals surface area contributed by atoms with E-state index in [0.29, 0.717) is 12.6 Å². The van der Waals surface area contributed by atoms with Gasteiger partial charge in [0.15, 0.2) is 0 Å². The second-order valence-electron chi connectivity index (χ2n) is 7.12. The van der Waals surface area contributed by atoms with Gasteiger partial charge in [0, 0.05) is 20.1 Å². The summed E-state index contributed by atoms with van der Waals surface area (Å²) < 4.78 is 6.33. The summed E-state index contributed by atoms with van der Waals surface area (Å²) in [5.41, 5.74) is -0.170. The summed E-state index contributed by atoms with van der Waals surface area (Å²) in [5, 5.41) is 6.14. The van der Waals surface area contributed by atoms with Crippen LogP contribution in [0.1, 0.15) is 58.8 Å². The highest BCUT2D eigenvalue weighted by Crippen LogP contribution is 2.41. The van der Waals surface area contributed by atoms with Gasteiger partial charge in [-0.25, -0.2) is 0 Å². The van der Waals surface area contributed by atoms with E-state index >= 15 is 0 Å². The average molecular weight is 282 g/mol. The van der Waals surface area contributed by atoms with E-state index in [1.165, 1.54) is 38.5 Å². The summed E-state index contributed by atoms with van der Waals surface area (Å²) in [7, 11) is 1.69. The first kappa shape index (κ1) is 15.8. The highest BCUT2D eigenvalue weighted by molar-refractivity contribution is 5.81. The lowest BCUT2D eigenvalue weighted by atomic mass is 9.83. The molecule has 0 aromatic rings. The number of carbonyl (C=O) groups is 1. The van der Waals surface area contributed by atoms with Crippen molar-refractivity contribution in [3.8, 4) is 0 Å². The smallest absolute Gasteiger partial charge is 0.226 e. The fourth-order valence-corrected chi connectivity index (χ4v) is 3.57. The fourth-order valence-electron chi connectivity index (χ4n) is 3.57. The van der Waals surface area contributed by atoms with Gasteiger partial charge >= 0.3 is 0 Å². The zero-order chi connectivity index (χ0) is 14.6. The minimum atomic E-state index is -0.365. The lowest BCUT2D eigenvalue weighted by molar-refractivity contribution is -0.128. The van der Waals surface area contributed by atoms with E-state index in [-0.39, 0.29) is 16.9 Å². The van der Waals surface area contributed by atoms with E-state index < -0.39 is 0 Å². The summed E-state index contributed by atoms with van der Waals surface area (Å²) in [5.74, 6) is 0.0843. The normalized spacial score (nSPS) is 25.9. The summed E-state index contributed by atoms with van der Waals surface area (Å²) in [4.78, 5) is 11.7. The fraction of sp³-hybridized carbons (Fsp3) is 0.938. The molecule has 1 heterocycles. The Labute approximate surface area is 123 Å². The standard InChI is InChI=1S/C16H30N2O2/c1-15(2,14(19)17-3)12-18-11-13-7-10-16(20-13)8-5-4-6-9-16/h13,18H,4-12H2,1-3H3,(H,17,19). The number of ether oxygens (including phenoxy) is 1. The van der Waals surface area contributed by atoms with E-state index in [1.807, 2.05) is 13.8 Å². The number of hydrogen-bond donors (Lipinski definition) is 2. The van der Waals surface area contributed by atoms with Crippen LogP contribution in [0, 0.1) is 5.41 Å². The molecule has 4 heteroatoms. The number of nitrogens with one attached hydrogen (secondary N) is 2. The predicted molar refractivity (Wildman–Crippen MR) is 80.6 cm³/mol. The molecule has 0 aromatic heterocycles. The summed E-state index contributed by atoms with van der Waals surface area (Å²) in [6.07, 6.45) is 9.21. The van der Waals surface area contributed by atoms with Crippen LogP contribution in [0.25, 0.3) is 0 Å². The molecular formula is C16H30N2O2. The Morgan fingerprint density at radius 2 is 1.95 bits per heavy atom. The molecule has 116 valence electrons. The summed E-state index contributed by atoms with van der Waals surface area (Å²) in [6.45, 7) is 5.50. The molecule has 0 bridgehead atoms. The van der Waals surface area contributed by atoms with Crippen molar-refractivity contribution >= 4 is 5.91 Å². The van der Waals surface area contributed by atoms with Gasteiger partial charge in [-0.3, -0.25) is 4.79 Å². The van der Waals surface area contributed by atoms with Crippen LogP contribution in [0.5, 0.6) is 0 Å². The highest BCUT2D eigenvalue weighted by Gasteiger charge is 2.40. The van der Waals surface area contributed by atoms with Crippen LogP contribution in [0.2, 0.25) is 0 Å². The Balaban J connectivity index is 1.72. The molecule has 1 atom stereocenters. The van der Waals surface area contributed by atoms with E-state index in [2.05, 4.69) is 10.6 Å². The highest BCUT2D eigenvalue weighted by atomic mass is 16.5. The first-order valence-electron chi connectivity index (χ1n) is 8.08. The van der Waals surface area contributed by atoms with E-state index in [4.69, 9.17) is 4.74 Å². The third kappa shape index (κ3) is 3.73. The Morgan fingerprint density at radius 1 is 1.25 bits per heavy atom. The molecule has 1 aliphatic carbocycles. The van der Waals surface area contributed by atoms with Gasteiger partial charge < -0.3 is 15.4 Å². The largest absolute Gasteiger partial charge is 0.370 e. The number of amides is 1. The maximum absolute atomic E-state index is 11.7. The van der Waals surface area contributed by atoms with E-state index in [1.54, 1.807) is 7.05 Å². The molecule has 2 fully saturated rings. The second kappa shape index (κ2) is 6.44. The van der Waals surface area contributed by atoms with Crippen LogP contribution in [0.3, 0.4) is 0 Å². The maximum atomic E-state index is 11.7. The molecule has 1 saturated carbocycles.